The van der Waals surface area contributed by atoms with E-state index in [4.69, 9.17) is 16.3 Å². The van der Waals surface area contributed by atoms with E-state index in [1.807, 2.05) is 25.1 Å². The second-order valence-electron chi connectivity index (χ2n) is 3.38. The lowest BCUT2D eigenvalue weighted by molar-refractivity contribution is 0.333. The van der Waals surface area contributed by atoms with Gasteiger partial charge in [0.15, 0.2) is 0 Å². The van der Waals surface area contributed by atoms with Gasteiger partial charge < -0.3 is 10.1 Å². The molecule has 0 fully saturated rings. The molecular formula is C11H12ClN3OS. The molecule has 2 rings (SSSR count). The number of rotatable bonds is 5. The summed E-state index contributed by atoms with van der Waals surface area (Å²) in [6.07, 6.45) is 0. The summed E-state index contributed by atoms with van der Waals surface area (Å²) in [5.74, 6) is 1.56. The molecule has 17 heavy (non-hydrogen) atoms. The second-order valence-corrected chi connectivity index (χ2v) is 4.57. The van der Waals surface area contributed by atoms with Crippen molar-refractivity contribution in [1.82, 2.24) is 9.36 Å². The van der Waals surface area contributed by atoms with Crippen molar-refractivity contribution < 1.29 is 4.74 Å². The summed E-state index contributed by atoms with van der Waals surface area (Å²) < 4.78 is 9.60. The van der Waals surface area contributed by atoms with Crippen LogP contribution in [0, 0.1) is 6.92 Å². The van der Waals surface area contributed by atoms with Crippen molar-refractivity contribution in [3.63, 3.8) is 0 Å². The molecule has 0 saturated carbocycles. The fourth-order valence-corrected chi connectivity index (χ4v) is 2.03. The summed E-state index contributed by atoms with van der Waals surface area (Å²) in [4.78, 5) is 4.19. The predicted octanol–water partition coefficient (Wildman–Crippen LogP) is 2.99. The number of ether oxygens (including phenoxy) is 1. The van der Waals surface area contributed by atoms with Crippen molar-refractivity contribution >= 4 is 28.3 Å². The highest BCUT2D eigenvalue weighted by molar-refractivity contribution is 7.09. The van der Waals surface area contributed by atoms with Gasteiger partial charge in [0.2, 0.25) is 5.13 Å². The number of anilines is 1. The van der Waals surface area contributed by atoms with E-state index in [2.05, 4.69) is 14.7 Å². The van der Waals surface area contributed by atoms with Gasteiger partial charge in [0.25, 0.3) is 0 Å². The third-order valence-corrected chi connectivity index (χ3v) is 2.97. The number of nitrogens with zero attached hydrogens (tertiary/aromatic N) is 2. The highest BCUT2D eigenvalue weighted by Gasteiger charge is 1.99. The Kier molecular flexibility index (Phi) is 4.17. The number of aryl methyl sites for hydroxylation is 1. The maximum absolute atomic E-state index is 5.84. The zero-order chi connectivity index (χ0) is 12.1. The van der Waals surface area contributed by atoms with Gasteiger partial charge in [0, 0.05) is 16.6 Å². The molecule has 0 unspecified atom stereocenters. The monoisotopic (exact) mass is 269 g/mol. The molecule has 6 heteroatoms. The third kappa shape index (κ3) is 3.87. The minimum Gasteiger partial charge on any atom is -0.492 e. The number of aromatic nitrogens is 2. The lowest BCUT2D eigenvalue weighted by Crippen LogP contribution is -2.11. The molecule has 4 nitrogen and oxygen atoms in total. The van der Waals surface area contributed by atoms with Crippen LogP contribution < -0.4 is 10.1 Å². The molecule has 0 aliphatic rings. The molecular weight excluding hydrogens is 258 g/mol. The Hall–Kier alpha value is -1.33. The van der Waals surface area contributed by atoms with Crippen LogP contribution in [0.1, 0.15) is 5.82 Å². The first kappa shape index (κ1) is 12.1. The Morgan fingerprint density at radius 1 is 1.47 bits per heavy atom. The van der Waals surface area contributed by atoms with E-state index in [1.165, 1.54) is 11.5 Å². The van der Waals surface area contributed by atoms with Gasteiger partial charge in [0.05, 0.1) is 6.54 Å². The first-order valence-corrected chi connectivity index (χ1v) is 6.32. The molecule has 1 aromatic heterocycles. The SMILES string of the molecule is Cc1nsc(NCCOc2cccc(Cl)c2)n1. The number of hydrogen-bond acceptors (Lipinski definition) is 5. The molecule has 0 radical (unpaired) electrons. The molecule has 1 heterocycles. The number of nitrogens with one attached hydrogen (secondary N) is 1. The molecule has 0 saturated heterocycles. The molecule has 1 N–H and O–H groups in total. The molecule has 0 aliphatic carbocycles. The van der Waals surface area contributed by atoms with Gasteiger partial charge in [-0.15, -0.1) is 0 Å². The Balaban J connectivity index is 1.73. The van der Waals surface area contributed by atoms with Gasteiger partial charge in [-0.1, -0.05) is 17.7 Å². The quantitative estimate of drug-likeness (QED) is 0.848. The summed E-state index contributed by atoms with van der Waals surface area (Å²) in [7, 11) is 0. The average molecular weight is 270 g/mol. The number of halogens is 1. The van der Waals surface area contributed by atoms with Gasteiger partial charge >= 0.3 is 0 Å². The van der Waals surface area contributed by atoms with Gasteiger partial charge in [-0.05, 0) is 25.1 Å². The van der Waals surface area contributed by atoms with E-state index in [9.17, 15) is 0 Å². The molecule has 90 valence electrons. The van der Waals surface area contributed by atoms with Crippen LogP contribution in [0.25, 0.3) is 0 Å². The Bertz CT molecular complexity index is 489. The zero-order valence-corrected chi connectivity index (χ0v) is 10.9. The Labute approximate surface area is 109 Å². The van der Waals surface area contributed by atoms with Gasteiger partial charge in [-0.2, -0.15) is 4.37 Å². The topological polar surface area (TPSA) is 47.0 Å². The summed E-state index contributed by atoms with van der Waals surface area (Å²) >= 11 is 7.19. The number of benzene rings is 1. The van der Waals surface area contributed by atoms with Crippen LogP contribution in [-0.2, 0) is 0 Å². The van der Waals surface area contributed by atoms with Crippen LogP contribution in [0.3, 0.4) is 0 Å². The van der Waals surface area contributed by atoms with Crippen LogP contribution in [-0.4, -0.2) is 22.5 Å². The summed E-state index contributed by atoms with van der Waals surface area (Å²) in [6, 6.07) is 7.34. The molecule has 0 aliphatic heterocycles. The fourth-order valence-electron chi connectivity index (χ4n) is 1.25. The van der Waals surface area contributed by atoms with Crippen LogP contribution >= 0.6 is 23.1 Å². The van der Waals surface area contributed by atoms with Crippen molar-refractivity contribution in [3.05, 3.63) is 35.1 Å². The van der Waals surface area contributed by atoms with Crippen molar-refractivity contribution in [2.24, 2.45) is 0 Å². The zero-order valence-electron chi connectivity index (χ0n) is 9.31. The van der Waals surface area contributed by atoms with Crippen molar-refractivity contribution in [2.45, 2.75) is 6.92 Å². The van der Waals surface area contributed by atoms with E-state index in [1.54, 1.807) is 6.07 Å². The maximum Gasteiger partial charge on any atom is 0.202 e. The molecule has 2 aromatic rings. The van der Waals surface area contributed by atoms with Crippen molar-refractivity contribution in [2.75, 3.05) is 18.5 Å². The summed E-state index contributed by atoms with van der Waals surface area (Å²) in [5, 5.41) is 4.63. The van der Waals surface area contributed by atoms with Crippen LogP contribution in [0.2, 0.25) is 5.02 Å². The first-order chi connectivity index (χ1) is 8.24. The molecule has 1 aromatic carbocycles. The second kappa shape index (κ2) is 5.84. The van der Waals surface area contributed by atoms with Gasteiger partial charge in [-0.3, -0.25) is 0 Å². The minimum absolute atomic E-state index is 0.555. The Morgan fingerprint density at radius 2 is 2.35 bits per heavy atom. The smallest absolute Gasteiger partial charge is 0.202 e. The highest BCUT2D eigenvalue weighted by atomic mass is 35.5. The summed E-state index contributed by atoms with van der Waals surface area (Å²) in [6.45, 7) is 3.10. The van der Waals surface area contributed by atoms with Gasteiger partial charge in [-0.25, -0.2) is 4.98 Å². The van der Waals surface area contributed by atoms with E-state index in [0.29, 0.717) is 18.2 Å². The Morgan fingerprint density at radius 3 is 3.06 bits per heavy atom. The fraction of sp³-hybridized carbons (Fsp3) is 0.273. The third-order valence-electron chi connectivity index (χ3n) is 1.97. The van der Waals surface area contributed by atoms with E-state index in [0.717, 1.165) is 16.7 Å². The average Bonchev–Trinajstić information content (AvgIpc) is 2.71. The lowest BCUT2D eigenvalue weighted by atomic mass is 10.3. The highest BCUT2D eigenvalue weighted by Crippen LogP contribution is 2.17. The van der Waals surface area contributed by atoms with E-state index >= 15 is 0 Å². The maximum atomic E-state index is 5.84. The first-order valence-electron chi connectivity index (χ1n) is 5.16. The molecule has 0 amide bonds. The predicted molar refractivity (Wildman–Crippen MR) is 70.1 cm³/mol. The minimum atomic E-state index is 0.555. The van der Waals surface area contributed by atoms with E-state index < -0.39 is 0 Å². The largest absolute Gasteiger partial charge is 0.492 e. The van der Waals surface area contributed by atoms with Crippen molar-refractivity contribution in [1.29, 1.82) is 0 Å². The normalized spacial score (nSPS) is 10.2. The lowest BCUT2D eigenvalue weighted by Gasteiger charge is -2.06. The molecule has 0 atom stereocenters. The van der Waals surface area contributed by atoms with Crippen LogP contribution in [0.15, 0.2) is 24.3 Å². The molecule has 0 bridgehead atoms. The van der Waals surface area contributed by atoms with Crippen LogP contribution in [0.5, 0.6) is 5.75 Å². The molecule has 0 spiro atoms. The van der Waals surface area contributed by atoms with Crippen molar-refractivity contribution in [3.8, 4) is 5.75 Å². The van der Waals surface area contributed by atoms with E-state index in [-0.39, 0.29) is 0 Å². The van der Waals surface area contributed by atoms with Gasteiger partial charge in [0.1, 0.15) is 18.2 Å². The summed E-state index contributed by atoms with van der Waals surface area (Å²) in [5.41, 5.74) is 0. The van der Waals surface area contributed by atoms with Crippen LogP contribution in [0.4, 0.5) is 5.13 Å². The number of hydrogen-bond donors (Lipinski definition) is 1. The standard InChI is InChI=1S/C11H12ClN3OS/c1-8-14-11(17-15-8)13-5-6-16-10-4-2-3-9(12)7-10/h2-4,7H,5-6H2,1H3,(H,13,14,15).